The molecular formula is C23H24F3N7OS. The van der Waals surface area contributed by atoms with Crippen molar-refractivity contribution in [3.05, 3.63) is 28.7 Å². The number of hydrogen-bond acceptors (Lipinski definition) is 6. The molecule has 0 saturated heterocycles. The molecule has 0 bridgehead atoms. The molecule has 0 radical (unpaired) electrons. The van der Waals surface area contributed by atoms with E-state index < -0.39 is 11.9 Å². The third-order valence-electron chi connectivity index (χ3n) is 6.74. The van der Waals surface area contributed by atoms with E-state index in [-0.39, 0.29) is 15.9 Å². The van der Waals surface area contributed by atoms with Gasteiger partial charge in [0, 0.05) is 35.9 Å². The standard InChI is InChI=1S/C23H24F3N7OS/c1-4-32-15(21(34)33(12-5-6-12)13-7-8-13)9-14-16-17(28-10-27-16)19(31(3)20(14)32)30-22-29-18(11(2)35-22)23(24,25)26/h9-10,12-13H,4-8H2,1-3H3,(H,29,30). The average molecular weight is 504 g/mol. The molecule has 2 aliphatic heterocycles. The zero-order valence-corrected chi connectivity index (χ0v) is 20.3. The van der Waals surface area contributed by atoms with Gasteiger partial charge in [-0.15, -0.1) is 11.3 Å². The van der Waals surface area contributed by atoms with Crippen LogP contribution < -0.4 is 5.32 Å². The number of nitrogens with one attached hydrogen (secondary N) is 1. The monoisotopic (exact) mass is 503 g/mol. The minimum Gasteiger partial charge on any atom is -0.331 e. The normalized spacial score (nSPS) is 16.4. The molecule has 2 aromatic heterocycles. The summed E-state index contributed by atoms with van der Waals surface area (Å²) in [5, 5.41) is 3.96. The zero-order chi connectivity index (χ0) is 24.6. The maximum atomic E-state index is 13.7. The Labute approximate surface area is 203 Å². The first-order chi connectivity index (χ1) is 16.7. The number of pyridine rings is 1. The van der Waals surface area contributed by atoms with Gasteiger partial charge in [0.05, 0.1) is 0 Å². The summed E-state index contributed by atoms with van der Waals surface area (Å²) in [5.41, 5.74) is 1.55. The number of carbonyl (C=O) groups excluding carboxylic acids is 1. The van der Waals surface area contributed by atoms with Crippen molar-refractivity contribution in [2.24, 2.45) is 7.05 Å². The molecule has 2 aromatic rings. The van der Waals surface area contributed by atoms with Crippen LogP contribution in [0.15, 0.2) is 12.4 Å². The van der Waals surface area contributed by atoms with Crippen LogP contribution in [-0.2, 0) is 19.8 Å². The molecule has 0 spiro atoms. The highest BCUT2D eigenvalue weighted by atomic mass is 32.1. The number of nitrogens with zero attached hydrogens (tertiary/aromatic N) is 6. The third kappa shape index (κ3) is 3.57. The second kappa shape index (κ2) is 7.67. The predicted molar refractivity (Wildman–Crippen MR) is 126 cm³/mol. The van der Waals surface area contributed by atoms with Crippen LogP contribution in [0.3, 0.4) is 0 Å². The minimum atomic E-state index is -4.52. The molecule has 4 aliphatic rings. The van der Waals surface area contributed by atoms with E-state index in [0.29, 0.717) is 41.5 Å². The Kier molecular flexibility index (Phi) is 4.89. The number of halogens is 3. The highest BCUT2D eigenvalue weighted by Crippen LogP contribution is 2.42. The van der Waals surface area contributed by atoms with Gasteiger partial charge in [-0.1, -0.05) is 0 Å². The summed E-state index contributed by atoms with van der Waals surface area (Å²) >= 11 is 0.934. The topological polar surface area (TPSA) is 80.9 Å². The smallest absolute Gasteiger partial charge is 0.331 e. The number of aromatic nitrogens is 5. The number of hydrogen-bond donors (Lipinski definition) is 1. The van der Waals surface area contributed by atoms with E-state index >= 15 is 0 Å². The molecule has 0 aromatic carbocycles. The van der Waals surface area contributed by atoms with E-state index in [2.05, 4.69) is 20.3 Å². The second-order valence-corrected chi connectivity index (χ2v) is 10.4. The Balaban J connectivity index is 1.49. The van der Waals surface area contributed by atoms with Gasteiger partial charge in [-0.2, -0.15) is 13.2 Å². The van der Waals surface area contributed by atoms with Crippen molar-refractivity contribution in [1.82, 2.24) is 29.0 Å². The van der Waals surface area contributed by atoms with E-state index in [0.717, 1.165) is 48.1 Å². The molecule has 2 aliphatic carbocycles. The van der Waals surface area contributed by atoms with Gasteiger partial charge in [0.1, 0.15) is 34.9 Å². The molecule has 0 atom stereocenters. The Bertz CT molecular complexity index is 1420. The maximum Gasteiger partial charge on any atom is 0.434 e. The van der Waals surface area contributed by atoms with Crippen LogP contribution in [-0.4, -0.2) is 47.0 Å². The zero-order valence-electron chi connectivity index (χ0n) is 19.5. The summed E-state index contributed by atoms with van der Waals surface area (Å²) in [5.74, 6) is 0.501. The van der Waals surface area contributed by atoms with Crippen LogP contribution in [0.5, 0.6) is 0 Å². The van der Waals surface area contributed by atoms with Crippen molar-refractivity contribution < 1.29 is 18.0 Å². The van der Waals surface area contributed by atoms with E-state index in [1.165, 1.54) is 13.3 Å². The van der Waals surface area contributed by atoms with Crippen molar-refractivity contribution in [1.29, 1.82) is 0 Å². The largest absolute Gasteiger partial charge is 0.434 e. The molecule has 12 heteroatoms. The first-order valence-electron chi connectivity index (χ1n) is 11.7. The highest BCUT2D eigenvalue weighted by Gasteiger charge is 2.43. The number of thiazole rings is 1. The van der Waals surface area contributed by atoms with Gasteiger partial charge in [-0.25, -0.2) is 15.0 Å². The number of alkyl halides is 3. The van der Waals surface area contributed by atoms with Crippen LogP contribution in [0.2, 0.25) is 0 Å². The lowest BCUT2D eigenvalue weighted by atomic mass is 10.2. The first kappa shape index (κ1) is 22.3. The minimum absolute atomic E-state index is 0.0283. The third-order valence-corrected chi connectivity index (χ3v) is 7.63. The second-order valence-electron chi connectivity index (χ2n) is 9.21. The lowest BCUT2D eigenvalue weighted by Gasteiger charge is -2.23. The Morgan fingerprint density at radius 3 is 2.43 bits per heavy atom. The van der Waals surface area contributed by atoms with Gasteiger partial charge in [0.15, 0.2) is 10.8 Å². The maximum absolute atomic E-state index is 13.7. The van der Waals surface area contributed by atoms with Crippen molar-refractivity contribution >= 4 is 39.2 Å². The first-order valence-corrected chi connectivity index (χ1v) is 12.5. The summed E-state index contributed by atoms with van der Waals surface area (Å²) < 4.78 is 43.7. The number of rotatable bonds is 6. The average Bonchev–Trinajstić information content (AvgIpc) is 3.68. The predicted octanol–water partition coefficient (Wildman–Crippen LogP) is 5.19. The fourth-order valence-electron chi connectivity index (χ4n) is 4.90. The molecular weight excluding hydrogens is 479 g/mol. The molecule has 6 rings (SSSR count). The fourth-order valence-corrected chi connectivity index (χ4v) is 5.73. The molecule has 2 saturated carbocycles. The van der Waals surface area contributed by atoms with Crippen LogP contribution >= 0.6 is 11.3 Å². The summed E-state index contributed by atoms with van der Waals surface area (Å²) in [6, 6.07) is 2.52. The summed E-state index contributed by atoms with van der Waals surface area (Å²) in [4.78, 5) is 28.4. The van der Waals surface area contributed by atoms with Crippen LogP contribution in [0.25, 0.3) is 22.4 Å². The van der Waals surface area contributed by atoms with Crippen molar-refractivity contribution in [2.75, 3.05) is 5.32 Å². The molecule has 0 unspecified atom stereocenters. The van der Waals surface area contributed by atoms with E-state index in [9.17, 15) is 18.0 Å². The summed E-state index contributed by atoms with van der Waals surface area (Å²) in [7, 11) is 1.81. The quantitative estimate of drug-likeness (QED) is 0.392. The molecule has 35 heavy (non-hydrogen) atoms. The van der Waals surface area contributed by atoms with Gasteiger partial charge in [-0.05, 0) is 45.6 Å². The number of imidazole rings is 1. The van der Waals surface area contributed by atoms with Gasteiger partial charge in [0.25, 0.3) is 5.91 Å². The highest BCUT2D eigenvalue weighted by molar-refractivity contribution is 7.15. The molecule has 2 fully saturated rings. The fraction of sp³-hybridized carbons (Fsp3) is 0.478. The number of carbonyl (C=O) groups is 1. The Morgan fingerprint density at radius 1 is 1.20 bits per heavy atom. The Morgan fingerprint density at radius 2 is 1.86 bits per heavy atom. The molecule has 1 N–H and O–H groups in total. The van der Waals surface area contributed by atoms with Crippen LogP contribution in [0.1, 0.15) is 53.7 Å². The number of anilines is 2. The van der Waals surface area contributed by atoms with Crippen molar-refractivity contribution in [3.63, 3.8) is 0 Å². The van der Waals surface area contributed by atoms with Gasteiger partial charge >= 0.3 is 6.18 Å². The molecule has 8 nitrogen and oxygen atoms in total. The number of amides is 1. The van der Waals surface area contributed by atoms with E-state index in [1.54, 1.807) is 0 Å². The van der Waals surface area contributed by atoms with Crippen molar-refractivity contribution in [2.45, 2.75) is 64.3 Å². The van der Waals surface area contributed by atoms with E-state index in [1.807, 2.05) is 34.1 Å². The van der Waals surface area contributed by atoms with E-state index in [4.69, 9.17) is 0 Å². The van der Waals surface area contributed by atoms with Gasteiger partial charge < -0.3 is 19.4 Å². The molecule has 1 amide bonds. The SMILES string of the molecule is CCn1c(C(=O)N(C2CC2)C2CC2)cc2c3ncnc-3c(Nc3nc(C(F)(F)F)c(C)s3)n(C)c21. The van der Waals surface area contributed by atoms with Gasteiger partial charge in [0.2, 0.25) is 0 Å². The lowest BCUT2D eigenvalue weighted by Crippen LogP contribution is -2.36. The lowest BCUT2D eigenvalue weighted by molar-refractivity contribution is -0.141. The molecule has 184 valence electrons. The van der Waals surface area contributed by atoms with Crippen molar-refractivity contribution in [3.8, 4) is 11.4 Å². The Hall–Kier alpha value is -3.15. The summed E-state index contributed by atoms with van der Waals surface area (Å²) in [6.07, 6.45) is 1.08. The number of fused-ring (bicyclic) bond motifs is 3. The van der Waals surface area contributed by atoms with Crippen LogP contribution in [0.4, 0.5) is 24.1 Å². The summed E-state index contributed by atoms with van der Waals surface area (Å²) in [6.45, 7) is 3.93. The number of aryl methyl sites for hydroxylation is 3. The van der Waals surface area contributed by atoms with Crippen LogP contribution in [0, 0.1) is 6.92 Å². The van der Waals surface area contributed by atoms with Gasteiger partial charge in [-0.3, -0.25) is 4.79 Å². The molecule has 4 heterocycles.